The third-order valence-corrected chi connectivity index (χ3v) is 13.3. The zero-order valence-corrected chi connectivity index (χ0v) is 26.3. The van der Waals surface area contributed by atoms with Crippen molar-refractivity contribution in [2.75, 3.05) is 34.0 Å². The van der Waals surface area contributed by atoms with Crippen molar-refractivity contribution in [2.24, 2.45) is 0 Å². The van der Waals surface area contributed by atoms with Crippen LogP contribution in [0.25, 0.3) is 0 Å². The summed E-state index contributed by atoms with van der Waals surface area (Å²) in [5.74, 6) is 0. The van der Waals surface area contributed by atoms with E-state index < -0.39 is 7.11 Å². The highest BCUT2D eigenvalue weighted by Crippen LogP contribution is 2.23. The molecule has 0 saturated carbocycles. The maximum Gasteiger partial charge on any atom is 0.476 e. The first-order valence-corrected chi connectivity index (χ1v) is 23.5. The monoisotopic (exact) mass is 948 g/mol. The van der Waals surface area contributed by atoms with Gasteiger partial charge in [0.1, 0.15) is 23.0 Å². The third-order valence-electron chi connectivity index (χ3n) is 1.68. The Hall–Kier alpha value is 4.10. The third kappa shape index (κ3) is 34.1. The van der Waals surface area contributed by atoms with Crippen LogP contribution in [0.2, 0.25) is 0 Å². The molecule has 0 heterocycles. The lowest BCUT2D eigenvalue weighted by molar-refractivity contribution is 0.233. The summed E-state index contributed by atoms with van der Waals surface area (Å²) in [6, 6.07) is 0. The van der Waals surface area contributed by atoms with E-state index in [0.29, 0.717) is 0 Å². The second-order valence-corrected chi connectivity index (χ2v) is 36.7. The van der Waals surface area contributed by atoms with Gasteiger partial charge in [-0.05, 0) is 118 Å². The van der Waals surface area contributed by atoms with Crippen LogP contribution in [0, 0.1) is 0 Å². The summed E-state index contributed by atoms with van der Waals surface area (Å²) in [7, 11) is 3.32. The summed E-state index contributed by atoms with van der Waals surface area (Å²) >= 11 is 10.8. The molecule has 13 heteroatoms. The highest BCUT2D eigenvalue weighted by atomic mass is 127. The Morgan fingerprint density at radius 1 is 0.783 bits per heavy atom. The maximum absolute atomic E-state index is 5.36. The van der Waals surface area contributed by atoms with E-state index >= 15 is 0 Å². The molecule has 0 radical (unpaired) electrons. The van der Waals surface area contributed by atoms with Gasteiger partial charge in [-0.15, -0.1) is 0 Å². The van der Waals surface area contributed by atoms with Gasteiger partial charge in [-0.2, -0.15) is 0 Å². The molecular weight excluding hydrogens is 919 g/mol. The van der Waals surface area contributed by atoms with Gasteiger partial charge in [0.25, 0.3) is 0 Å². The standard InChI is InChI=1S/C4H10I2O2Si.C4H9IO.C2H6I2O2Si.H4Si/c1-3-7-9(5,6)8-4-2;1-2-3-4-6-5;1-5-7(3,4)6-2;/h3-4H2,1-2H3;2-4H2,1H3;1-2H3;1H4. The van der Waals surface area contributed by atoms with Gasteiger partial charge < -0.3 is 20.8 Å². The van der Waals surface area contributed by atoms with E-state index in [2.05, 4.69) is 94.1 Å². The zero-order valence-electron chi connectivity index (χ0n) is 13.5. The number of rotatable bonds is 9. The fraction of sp³-hybridized carbons (Fsp3) is 1.00. The lowest BCUT2D eigenvalue weighted by Gasteiger charge is -2.15. The van der Waals surface area contributed by atoms with Crippen molar-refractivity contribution in [1.82, 2.24) is 0 Å². The fourth-order valence-corrected chi connectivity index (χ4v) is 5.63. The smallest absolute Gasteiger partial charge is 0.383 e. The molecular formula is C10H29I5O5Si3. The molecule has 0 bridgehead atoms. The molecule has 0 N–H and O–H groups in total. The van der Waals surface area contributed by atoms with Crippen LogP contribution < -0.4 is 0 Å². The highest BCUT2D eigenvalue weighted by Gasteiger charge is 2.29. The Bertz CT molecular complexity index is 213. The summed E-state index contributed by atoms with van der Waals surface area (Å²) in [5, 5.41) is 0. The molecule has 0 saturated heterocycles. The second kappa shape index (κ2) is 24.1. The van der Waals surface area contributed by atoms with Crippen LogP contribution in [-0.4, -0.2) is 52.1 Å². The molecule has 0 spiro atoms. The van der Waals surface area contributed by atoms with Crippen molar-refractivity contribution in [3.8, 4) is 0 Å². The van der Waals surface area contributed by atoms with Crippen LogP contribution in [0.1, 0.15) is 33.6 Å². The van der Waals surface area contributed by atoms with Gasteiger partial charge in [-0.25, -0.2) is 0 Å². The van der Waals surface area contributed by atoms with E-state index in [4.69, 9.17) is 20.8 Å². The largest absolute Gasteiger partial charge is 0.476 e. The van der Waals surface area contributed by atoms with Crippen LogP contribution in [0.3, 0.4) is 0 Å². The molecule has 23 heavy (non-hydrogen) atoms. The minimum atomic E-state index is -1.76. The average Bonchev–Trinajstić information content (AvgIpc) is 2.46. The van der Waals surface area contributed by atoms with Crippen molar-refractivity contribution in [2.45, 2.75) is 33.6 Å². The second-order valence-electron chi connectivity index (χ2n) is 3.37. The van der Waals surface area contributed by atoms with Gasteiger partial charge in [0.2, 0.25) is 0 Å². The van der Waals surface area contributed by atoms with Crippen molar-refractivity contribution >= 4 is 128 Å². The molecule has 0 aliphatic carbocycles. The molecule has 0 amide bonds. The predicted octanol–water partition coefficient (Wildman–Crippen LogP) is 4.65. The van der Waals surface area contributed by atoms with Gasteiger partial charge in [0.05, 0.1) is 6.61 Å². The van der Waals surface area contributed by atoms with Crippen LogP contribution in [0.4, 0.5) is 0 Å². The Morgan fingerprint density at radius 3 is 1.30 bits per heavy atom. The molecule has 0 aliphatic rings. The summed E-state index contributed by atoms with van der Waals surface area (Å²) in [4.78, 5) is 0. The van der Waals surface area contributed by atoms with Gasteiger partial charge in [0.15, 0.2) is 0 Å². The minimum absolute atomic E-state index is 0. The summed E-state index contributed by atoms with van der Waals surface area (Å²) in [5.41, 5.74) is 0. The van der Waals surface area contributed by atoms with Crippen molar-refractivity contribution in [1.29, 1.82) is 0 Å². The van der Waals surface area contributed by atoms with Crippen LogP contribution >= 0.6 is 110 Å². The lowest BCUT2D eigenvalue weighted by Crippen LogP contribution is -2.27. The van der Waals surface area contributed by atoms with E-state index in [1.54, 1.807) is 14.2 Å². The van der Waals surface area contributed by atoms with Gasteiger partial charge in [-0.3, -0.25) is 0 Å². The first kappa shape index (κ1) is 34.6. The number of hydrogen-bond acceptors (Lipinski definition) is 5. The zero-order chi connectivity index (χ0) is 18.1. The average molecular weight is 948 g/mol. The lowest BCUT2D eigenvalue weighted by atomic mass is 10.4. The summed E-state index contributed by atoms with van der Waals surface area (Å²) < 4.78 is 22.0. The molecule has 5 nitrogen and oxygen atoms in total. The molecule has 0 aliphatic heterocycles. The van der Waals surface area contributed by atoms with E-state index in [-0.39, 0.29) is 11.0 Å². The topological polar surface area (TPSA) is 46.2 Å². The summed E-state index contributed by atoms with van der Waals surface area (Å²) in [6.45, 7) is 8.51. The molecule has 0 aromatic heterocycles. The quantitative estimate of drug-likeness (QED) is 0.146. The molecule has 0 aromatic rings. The number of unbranched alkanes of at least 4 members (excludes halogenated alkanes) is 1. The Morgan fingerprint density at radius 2 is 1.17 bits per heavy atom. The maximum atomic E-state index is 5.36. The van der Waals surface area contributed by atoms with Crippen molar-refractivity contribution < 1.29 is 20.8 Å². The first-order valence-electron chi connectivity index (χ1n) is 6.53. The number of halogens is 5. The van der Waals surface area contributed by atoms with Crippen molar-refractivity contribution in [3.63, 3.8) is 0 Å². The van der Waals surface area contributed by atoms with Crippen LogP contribution in [0.5, 0.6) is 0 Å². The van der Waals surface area contributed by atoms with Crippen molar-refractivity contribution in [3.05, 3.63) is 0 Å². The molecule has 146 valence electrons. The van der Waals surface area contributed by atoms with Crippen LogP contribution in [0.15, 0.2) is 0 Å². The Labute approximate surface area is 213 Å². The minimum Gasteiger partial charge on any atom is -0.383 e. The SMILES string of the molecule is CCCCOI.CCO[Si](I)(I)OCC.CO[Si](I)(I)OC.[SiH4]. The highest BCUT2D eigenvalue weighted by molar-refractivity contribution is 14.3. The fourth-order valence-electron chi connectivity index (χ4n) is 0.660. The van der Waals surface area contributed by atoms with E-state index in [9.17, 15) is 0 Å². The molecule has 0 aromatic carbocycles. The van der Waals surface area contributed by atoms with Gasteiger partial charge in [0, 0.05) is 27.4 Å². The Kier molecular flexibility index (Phi) is 36.3. The molecule has 0 fully saturated rings. The van der Waals surface area contributed by atoms with E-state index in [1.165, 1.54) is 12.8 Å². The van der Waals surface area contributed by atoms with E-state index in [1.807, 2.05) is 36.9 Å². The van der Waals surface area contributed by atoms with Gasteiger partial charge >= 0.3 is 7.11 Å². The van der Waals surface area contributed by atoms with Crippen LogP contribution in [-0.2, 0) is 20.8 Å². The van der Waals surface area contributed by atoms with Gasteiger partial charge in [-0.1, -0.05) is 13.3 Å². The normalized spacial score (nSPS) is 10.7. The molecule has 0 atom stereocenters. The van der Waals surface area contributed by atoms with E-state index in [0.717, 1.165) is 19.8 Å². The Balaban J connectivity index is -0.000000118. The molecule has 0 unspecified atom stereocenters. The molecule has 0 rings (SSSR count). The first-order chi connectivity index (χ1) is 10.2. The summed E-state index contributed by atoms with van der Waals surface area (Å²) in [6.07, 6.45) is 2.41. The number of hydrogen-bond donors (Lipinski definition) is 0. The predicted molar refractivity (Wildman–Crippen MR) is 151 cm³/mol.